The highest BCUT2D eigenvalue weighted by atomic mass is 35.5. The topological polar surface area (TPSA) is 93.5 Å². The molecule has 2 aromatic carbocycles. The molecule has 0 radical (unpaired) electrons. The summed E-state index contributed by atoms with van der Waals surface area (Å²) in [7, 11) is 0. The van der Waals surface area contributed by atoms with Crippen LogP contribution in [0.5, 0.6) is 5.75 Å². The fraction of sp³-hybridized carbons (Fsp3) is 0.176. The smallest absolute Gasteiger partial charge is 0.289 e. The number of nitro groups is 1. The first-order valence-electron chi connectivity index (χ1n) is 7.60. The monoisotopic (exact) mass is 393 g/mol. The molecule has 26 heavy (non-hydrogen) atoms. The van der Waals surface area contributed by atoms with E-state index in [0.29, 0.717) is 17.0 Å². The van der Waals surface area contributed by atoms with Crippen molar-refractivity contribution in [1.29, 1.82) is 0 Å². The molecule has 136 valence electrons. The van der Waals surface area contributed by atoms with E-state index < -0.39 is 10.8 Å². The van der Waals surface area contributed by atoms with Crippen molar-refractivity contribution in [3.8, 4) is 5.75 Å². The molecule has 0 saturated heterocycles. The molecule has 0 aliphatic heterocycles. The summed E-state index contributed by atoms with van der Waals surface area (Å²) in [5, 5.41) is 16.2. The molecule has 0 bridgehead atoms. The molecule has 0 spiro atoms. The molecule has 2 N–H and O–H groups in total. The predicted molar refractivity (Wildman–Crippen MR) is 104 cm³/mol. The van der Waals surface area contributed by atoms with Crippen LogP contribution in [0.3, 0.4) is 0 Å². The van der Waals surface area contributed by atoms with Gasteiger partial charge in [0.2, 0.25) is 0 Å². The van der Waals surface area contributed by atoms with Gasteiger partial charge < -0.3 is 10.1 Å². The van der Waals surface area contributed by atoms with Crippen LogP contribution in [0.25, 0.3) is 0 Å². The van der Waals surface area contributed by atoms with E-state index in [-0.39, 0.29) is 21.9 Å². The number of anilines is 1. The van der Waals surface area contributed by atoms with Gasteiger partial charge in [-0.3, -0.25) is 20.2 Å². The number of ether oxygens (including phenoxy) is 1. The number of carbonyl (C=O) groups is 1. The Bertz CT molecular complexity index is 858. The highest BCUT2D eigenvalue weighted by molar-refractivity contribution is 7.80. The molecule has 2 aromatic rings. The second-order valence-electron chi connectivity index (χ2n) is 5.49. The first-order valence-corrected chi connectivity index (χ1v) is 8.38. The molecule has 0 fully saturated rings. The molecule has 0 aliphatic rings. The van der Waals surface area contributed by atoms with Crippen LogP contribution in [0.1, 0.15) is 24.2 Å². The van der Waals surface area contributed by atoms with E-state index >= 15 is 0 Å². The zero-order valence-electron chi connectivity index (χ0n) is 14.0. The number of nitrogens with zero attached hydrogens (tertiary/aromatic N) is 1. The average molecular weight is 394 g/mol. The lowest BCUT2D eigenvalue weighted by molar-refractivity contribution is -0.384. The molecular weight excluding hydrogens is 378 g/mol. The molecule has 2 rings (SSSR count). The minimum Gasteiger partial charge on any atom is -0.490 e. The summed E-state index contributed by atoms with van der Waals surface area (Å²) in [6, 6.07) is 10.9. The Morgan fingerprint density at radius 2 is 1.96 bits per heavy atom. The Hall–Kier alpha value is -2.71. The summed E-state index contributed by atoms with van der Waals surface area (Å²) in [6.07, 6.45) is -0.0938. The maximum absolute atomic E-state index is 12.4. The van der Waals surface area contributed by atoms with E-state index in [1.165, 1.54) is 18.2 Å². The Balaban J connectivity index is 2.10. The lowest BCUT2D eigenvalue weighted by atomic mass is 10.2. The van der Waals surface area contributed by atoms with Gasteiger partial charge in [-0.15, -0.1) is 0 Å². The van der Waals surface area contributed by atoms with Crippen LogP contribution in [0.4, 0.5) is 11.4 Å². The SMILES string of the molecule is CC(C)Oc1ccccc1C(=O)NC(=S)Nc1ccc(Cl)c([N+](=O)[O-])c1. The van der Waals surface area contributed by atoms with Crippen molar-refractivity contribution in [1.82, 2.24) is 5.32 Å². The van der Waals surface area contributed by atoms with Gasteiger partial charge in [0.25, 0.3) is 11.6 Å². The summed E-state index contributed by atoms with van der Waals surface area (Å²) in [4.78, 5) is 22.8. The largest absolute Gasteiger partial charge is 0.490 e. The molecule has 0 atom stereocenters. The van der Waals surface area contributed by atoms with Gasteiger partial charge in [0, 0.05) is 11.8 Å². The third kappa shape index (κ3) is 5.14. The van der Waals surface area contributed by atoms with Gasteiger partial charge in [-0.2, -0.15) is 0 Å². The zero-order valence-corrected chi connectivity index (χ0v) is 15.6. The number of rotatable bonds is 5. The lowest BCUT2D eigenvalue weighted by Crippen LogP contribution is -2.34. The number of hydrogen-bond donors (Lipinski definition) is 2. The minimum atomic E-state index is -0.603. The van der Waals surface area contributed by atoms with Gasteiger partial charge >= 0.3 is 0 Å². The van der Waals surface area contributed by atoms with E-state index in [1.54, 1.807) is 24.3 Å². The van der Waals surface area contributed by atoms with E-state index in [4.69, 9.17) is 28.6 Å². The quantitative estimate of drug-likeness (QED) is 0.450. The summed E-state index contributed by atoms with van der Waals surface area (Å²) in [5.41, 5.74) is 0.395. The fourth-order valence-corrected chi connectivity index (χ4v) is 2.47. The van der Waals surface area contributed by atoms with Crippen LogP contribution in [-0.4, -0.2) is 22.0 Å². The third-order valence-corrected chi connectivity index (χ3v) is 3.65. The second-order valence-corrected chi connectivity index (χ2v) is 6.31. The van der Waals surface area contributed by atoms with Crippen LogP contribution in [-0.2, 0) is 0 Å². The predicted octanol–water partition coefficient (Wildman–Crippen LogP) is 4.16. The van der Waals surface area contributed by atoms with Crippen LogP contribution in [0.2, 0.25) is 5.02 Å². The molecule has 0 unspecified atom stereocenters. The first kappa shape index (κ1) is 19.6. The van der Waals surface area contributed by atoms with E-state index in [2.05, 4.69) is 10.6 Å². The number of nitrogens with one attached hydrogen (secondary N) is 2. The van der Waals surface area contributed by atoms with Crippen LogP contribution >= 0.6 is 23.8 Å². The number of para-hydroxylation sites is 1. The Labute approximate surface area is 160 Å². The van der Waals surface area contributed by atoms with Gasteiger partial charge in [0.1, 0.15) is 10.8 Å². The summed E-state index contributed by atoms with van der Waals surface area (Å²) in [6.45, 7) is 3.71. The molecule has 9 heteroatoms. The molecule has 1 amide bonds. The van der Waals surface area contributed by atoms with Crippen LogP contribution < -0.4 is 15.4 Å². The van der Waals surface area contributed by atoms with Gasteiger partial charge in [0.05, 0.1) is 16.6 Å². The number of hydrogen-bond acceptors (Lipinski definition) is 5. The summed E-state index contributed by atoms with van der Waals surface area (Å²) in [5.74, 6) is -0.0212. The number of benzene rings is 2. The maximum Gasteiger partial charge on any atom is 0.289 e. The molecule has 0 aromatic heterocycles. The van der Waals surface area contributed by atoms with E-state index in [0.717, 1.165) is 0 Å². The van der Waals surface area contributed by atoms with Crippen molar-refractivity contribution in [2.45, 2.75) is 20.0 Å². The fourth-order valence-electron chi connectivity index (χ4n) is 2.07. The van der Waals surface area contributed by atoms with Gasteiger partial charge in [-0.05, 0) is 50.3 Å². The second kappa shape index (κ2) is 8.59. The minimum absolute atomic E-state index is 0.00836. The van der Waals surface area contributed by atoms with Crippen LogP contribution in [0, 0.1) is 10.1 Å². The number of amides is 1. The highest BCUT2D eigenvalue weighted by Crippen LogP contribution is 2.27. The van der Waals surface area contributed by atoms with Crippen LogP contribution in [0.15, 0.2) is 42.5 Å². The number of carbonyl (C=O) groups excluding carboxylic acids is 1. The van der Waals surface area contributed by atoms with Gasteiger partial charge in [-0.25, -0.2) is 0 Å². The Morgan fingerprint density at radius 1 is 1.27 bits per heavy atom. The number of nitro benzene ring substituents is 1. The molecule has 0 aliphatic carbocycles. The normalized spacial score (nSPS) is 10.3. The van der Waals surface area contributed by atoms with E-state index in [1.807, 2.05) is 13.8 Å². The van der Waals surface area contributed by atoms with Crippen molar-refractivity contribution in [2.24, 2.45) is 0 Å². The van der Waals surface area contributed by atoms with Gasteiger partial charge in [0.15, 0.2) is 5.11 Å². The van der Waals surface area contributed by atoms with Gasteiger partial charge in [-0.1, -0.05) is 23.7 Å². The molecular formula is C17H16ClN3O4S. The highest BCUT2D eigenvalue weighted by Gasteiger charge is 2.16. The van der Waals surface area contributed by atoms with Crippen molar-refractivity contribution in [2.75, 3.05) is 5.32 Å². The average Bonchev–Trinajstić information content (AvgIpc) is 2.56. The third-order valence-electron chi connectivity index (χ3n) is 3.12. The first-order chi connectivity index (χ1) is 12.3. The van der Waals surface area contributed by atoms with Crippen molar-refractivity contribution in [3.05, 3.63) is 63.2 Å². The lowest BCUT2D eigenvalue weighted by Gasteiger charge is -2.14. The Morgan fingerprint density at radius 3 is 2.62 bits per heavy atom. The van der Waals surface area contributed by atoms with E-state index in [9.17, 15) is 14.9 Å². The van der Waals surface area contributed by atoms with Crippen molar-refractivity contribution >= 4 is 46.2 Å². The molecule has 0 saturated carbocycles. The summed E-state index contributed by atoms with van der Waals surface area (Å²) < 4.78 is 5.61. The standard InChI is InChI=1S/C17H16ClN3O4S/c1-10(2)25-15-6-4-3-5-12(15)16(22)20-17(26)19-11-7-8-13(18)14(9-11)21(23)24/h3-10H,1-2H3,(H2,19,20,22,26). The van der Waals surface area contributed by atoms with Crippen molar-refractivity contribution < 1.29 is 14.5 Å². The zero-order chi connectivity index (χ0) is 19.3. The molecule has 0 heterocycles. The number of thiocarbonyl (C=S) groups is 1. The van der Waals surface area contributed by atoms with Crippen molar-refractivity contribution in [3.63, 3.8) is 0 Å². The number of halogens is 1. The molecule has 7 nitrogen and oxygen atoms in total. The maximum atomic E-state index is 12.4. The summed E-state index contributed by atoms with van der Waals surface area (Å²) >= 11 is 10.9. The Kier molecular flexibility index (Phi) is 6.48.